The van der Waals surface area contributed by atoms with E-state index in [4.69, 9.17) is 12.2 Å². The van der Waals surface area contributed by atoms with Gasteiger partial charge in [-0.3, -0.25) is 4.79 Å². The van der Waals surface area contributed by atoms with Gasteiger partial charge in [0.05, 0.1) is 5.54 Å². The number of rotatable bonds is 0. The van der Waals surface area contributed by atoms with Crippen LogP contribution in [0.15, 0.2) is 0 Å². The van der Waals surface area contributed by atoms with Crippen LogP contribution in [0.2, 0.25) is 0 Å². The van der Waals surface area contributed by atoms with Crippen LogP contribution < -0.4 is 5.32 Å². The van der Waals surface area contributed by atoms with Gasteiger partial charge in [-0.1, -0.05) is 12.2 Å². The zero-order valence-corrected chi connectivity index (χ0v) is 8.78. The Morgan fingerprint density at radius 2 is 2.31 bits per heavy atom. The summed E-state index contributed by atoms with van der Waals surface area (Å²) in [6, 6.07) is 0.0144. The Kier molecular flexibility index (Phi) is 1.84. The van der Waals surface area contributed by atoms with E-state index in [1.165, 1.54) is 0 Å². The van der Waals surface area contributed by atoms with Gasteiger partial charge in [-0.05, 0) is 26.7 Å². The van der Waals surface area contributed by atoms with Gasteiger partial charge in [0.2, 0.25) is 5.91 Å². The lowest BCUT2D eigenvalue weighted by Crippen LogP contribution is -2.65. The van der Waals surface area contributed by atoms with E-state index in [-0.39, 0.29) is 17.5 Å². The van der Waals surface area contributed by atoms with Gasteiger partial charge in [-0.15, -0.1) is 0 Å². The van der Waals surface area contributed by atoms with E-state index in [2.05, 4.69) is 10.2 Å². The molecule has 1 amide bonds. The quantitative estimate of drug-likeness (QED) is 0.581. The first-order valence-corrected chi connectivity index (χ1v) is 5.06. The molecule has 2 aliphatic rings. The monoisotopic (exact) mass is 198 g/mol. The normalized spacial score (nSPS) is 31.5. The number of thiocarbonyl (C=S) groups is 1. The van der Waals surface area contributed by atoms with Gasteiger partial charge in [0, 0.05) is 6.54 Å². The standard InChI is InChI=1S/C9H14N2OS/c1-9(2)8(13)11-5-3-4-6(11)7(12)10-9/h6H,3-5H2,1-2H3,(H,10,12). The average molecular weight is 198 g/mol. The summed E-state index contributed by atoms with van der Waals surface area (Å²) < 4.78 is 0. The number of nitrogens with zero attached hydrogens (tertiary/aromatic N) is 1. The van der Waals surface area contributed by atoms with Crippen LogP contribution in [-0.4, -0.2) is 33.9 Å². The highest BCUT2D eigenvalue weighted by atomic mass is 32.1. The molecular formula is C9H14N2OS. The fraction of sp³-hybridized carbons (Fsp3) is 0.778. The van der Waals surface area contributed by atoms with Gasteiger partial charge in [0.25, 0.3) is 0 Å². The first kappa shape index (κ1) is 8.94. The van der Waals surface area contributed by atoms with Crippen molar-refractivity contribution in [2.75, 3.05) is 6.54 Å². The minimum Gasteiger partial charge on any atom is -0.352 e. The second kappa shape index (κ2) is 2.67. The highest BCUT2D eigenvalue weighted by Crippen LogP contribution is 2.26. The van der Waals surface area contributed by atoms with Gasteiger partial charge < -0.3 is 10.2 Å². The number of carbonyl (C=O) groups is 1. The van der Waals surface area contributed by atoms with Crippen molar-refractivity contribution in [3.63, 3.8) is 0 Å². The van der Waals surface area contributed by atoms with E-state index in [9.17, 15) is 4.79 Å². The largest absolute Gasteiger partial charge is 0.352 e. The summed E-state index contributed by atoms with van der Waals surface area (Å²) in [5.41, 5.74) is -0.340. The minimum absolute atomic E-state index is 0.0144. The Balaban J connectivity index is 2.30. The summed E-state index contributed by atoms with van der Waals surface area (Å²) >= 11 is 5.34. The van der Waals surface area contributed by atoms with Crippen LogP contribution in [0.3, 0.4) is 0 Å². The van der Waals surface area contributed by atoms with Crippen molar-refractivity contribution in [2.45, 2.75) is 38.3 Å². The second-order valence-corrected chi connectivity index (χ2v) is 4.66. The summed E-state index contributed by atoms with van der Waals surface area (Å²) in [5, 5.41) is 2.96. The molecule has 2 heterocycles. The molecule has 1 N–H and O–H groups in total. The molecule has 2 fully saturated rings. The molecule has 0 aromatic carbocycles. The fourth-order valence-electron chi connectivity index (χ4n) is 2.09. The summed E-state index contributed by atoms with van der Waals surface area (Å²) in [6.07, 6.45) is 2.02. The third-order valence-corrected chi connectivity index (χ3v) is 3.53. The summed E-state index contributed by atoms with van der Waals surface area (Å²) in [6.45, 7) is 4.86. The van der Waals surface area contributed by atoms with Gasteiger partial charge in [0.1, 0.15) is 11.0 Å². The van der Waals surface area contributed by atoms with Crippen LogP contribution in [0.5, 0.6) is 0 Å². The third kappa shape index (κ3) is 1.24. The topological polar surface area (TPSA) is 32.3 Å². The highest BCUT2D eigenvalue weighted by Gasteiger charge is 2.44. The molecule has 13 heavy (non-hydrogen) atoms. The van der Waals surface area contributed by atoms with Gasteiger partial charge in [0.15, 0.2) is 0 Å². The number of fused-ring (bicyclic) bond motifs is 1. The Morgan fingerprint density at radius 1 is 1.62 bits per heavy atom. The number of hydrogen-bond donors (Lipinski definition) is 1. The molecule has 0 aromatic heterocycles. The molecule has 0 spiro atoms. The Morgan fingerprint density at radius 3 is 3.00 bits per heavy atom. The maximum atomic E-state index is 11.6. The zero-order chi connectivity index (χ0) is 9.64. The maximum absolute atomic E-state index is 11.6. The minimum atomic E-state index is -0.340. The van der Waals surface area contributed by atoms with E-state index in [0.717, 1.165) is 24.4 Å². The molecule has 0 radical (unpaired) electrons. The SMILES string of the molecule is CC1(C)NC(=O)C2CCCN2C1=S. The highest BCUT2D eigenvalue weighted by molar-refractivity contribution is 7.80. The van der Waals surface area contributed by atoms with Gasteiger partial charge >= 0.3 is 0 Å². The number of nitrogens with one attached hydrogen (secondary N) is 1. The average Bonchev–Trinajstić information content (AvgIpc) is 2.47. The molecule has 2 aliphatic heterocycles. The summed E-state index contributed by atoms with van der Waals surface area (Å²) in [7, 11) is 0. The lowest BCUT2D eigenvalue weighted by molar-refractivity contribution is -0.126. The lowest BCUT2D eigenvalue weighted by atomic mass is 9.99. The van der Waals surface area contributed by atoms with Crippen LogP contribution in [-0.2, 0) is 4.79 Å². The third-order valence-electron chi connectivity index (χ3n) is 2.79. The number of amides is 1. The van der Waals surface area contributed by atoms with E-state index in [0.29, 0.717) is 0 Å². The fourth-order valence-corrected chi connectivity index (χ4v) is 2.36. The van der Waals surface area contributed by atoms with Crippen molar-refractivity contribution in [2.24, 2.45) is 0 Å². The number of piperazine rings is 1. The van der Waals surface area contributed by atoms with Crippen LogP contribution in [0.1, 0.15) is 26.7 Å². The molecule has 2 saturated heterocycles. The molecule has 0 aliphatic carbocycles. The Bertz CT molecular complexity index is 275. The molecular weight excluding hydrogens is 184 g/mol. The zero-order valence-electron chi connectivity index (χ0n) is 7.96. The van der Waals surface area contributed by atoms with E-state index in [1.54, 1.807) is 0 Å². The summed E-state index contributed by atoms with van der Waals surface area (Å²) in [4.78, 5) is 14.6. The molecule has 1 unspecified atom stereocenters. The molecule has 4 heteroatoms. The maximum Gasteiger partial charge on any atom is 0.243 e. The molecule has 0 aromatic rings. The van der Waals surface area contributed by atoms with Crippen LogP contribution in [0, 0.1) is 0 Å². The van der Waals surface area contributed by atoms with Crippen molar-refractivity contribution < 1.29 is 4.79 Å². The van der Waals surface area contributed by atoms with Crippen molar-refractivity contribution in [1.29, 1.82) is 0 Å². The van der Waals surface area contributed by atoms with Crippen molar-refractivity contribution in [3.8, 4) is 0 Å². The van der Waals surface area contributed by atoms with Crippen LogP contribution in [0.4, 0.5) is 0 Å². The van der Waals surface area contributed by atoms with Crippen molar-refractivity contribution in [1.82, 2.24) is 10.2 Å². The van der Waals surface area contributed by atoms with E-state index >= 15 is 0 Å². The van der Waals surface area contributed by atoms with Crippen molar-refractivity contribution in [3.05, 3.63) is 0 Å². The molecule has 1 atom stereocenters. The van der Waals surface area contributed by atoms with E-state index < -0.39 is 0 Å². The van der Waals surface area contributed by atoms with E-state index in [1.807, 2.05) is 13.8 Å². The predicted molar refractivity (Wildman–Crippen MR) is 54.5 cm³/mol. The lowest BCUT2D eigenvalue weighted by Gasteiger charge is -2.42. The molecule has 3 nitrogen and oxygen atoms in total. The Labute approximate surface area is 83.5 Å². The first-order valence-electron chi connectivity index (χ1n) is 4.65. The van der Waals surface area contributed by atoms with Crippen molar-refractivity contribution >= 4 is 23.1 Å². The van der Waals surface area contributed by atoms with Crippen LogP contribution in [0.25, 0.3) is 0 Å². The summed E-state index contributed by atoms with van der Waals surface area (Å²) in [5.74, 6) is 0.135. The molecule has 72 valence electrons. The Hall–Kier alpha value is -0.640. The van der Waals surface area contributed by atoms with Gasteiger partial charge in [-0.25, -0.2) is 0 Å². The second-order valence-electron chi connectivity index (χ2n) is 4.27. The van der Waals surface area contributed by atoms with Gasteiger partial charge in [-0.2, -0.15) is 0 Å². The molecule has 0 saturated carbocycles. The predicted octanol–water partition coefficient (Wildman–Crippen LogP) is 0.687. The number of carbonyl (C=O) groups excluding carboxylic acids is 1. The van der Waals surface area contributed by atoms with Crippen LogP contribution >= 0.6 is 12.2 Å². The molecule has 2 rings (SSSR count). The smallest absolute Gasteiger partial charge is 0.243 e. The first-order chi connectivity index (χ1) is 6.02. The number of hydrogen-bond acceptors (Lipinski definition) is 2. The molecule has 0 bridgehead atoms.